The molecule has 0 fully saturated rings. The molecule has 22 heavy (non-hydrogen) atoms. The highest BCUT2D eigenvalue weighted by Crippen LogP contribution is 2.28. The lowest BCUT2D eigenvalue weighted by atomic mass is 10.1. The van der Waals surface area contributed by atoms with Crippen LogP contribution in [0.1, 0.15) is 22.8 Å². The van der Waals surface area contributed by atoms with Gasteiger partial charge in [-0.3, -0.25) is 4.79 Å². The van der Waals surface area contributed by atoms with Crippen LogP contribution in [0.15, 0.2) is 36.4 Å². The number of amides is 1. The number of hydrogen-bond acceptors (Lipinski definition) is 3. The molecule has 1 amide bonds. The van der Waals surface area contributed by atoms with Crippen LogP contribution >= 0.6 is 22.6 Å². The van der Waals surface area contributed by atoms with E-state index in [4.69, 9.17) is 9.47 Å². The van der Waals surface area contributed by atoms with Gasteiger partial charge < -0.3 is 14.8 Å². The lowest BCUT2D eigenvalue weighted by Crippen LogP contribution is -2.12. The molecule has 0 atom stereocenters. The third-order valence-electron chi connectivity index (χ3n) is 3.16. The molecule has 5 heteroatoms. The molecule has 0 aromatic heterocycles. The molecule has 0 saturated heterocycles. The van der Waals surface area contributed by atoms with Crippen molar-refractivity contribution in [1.82, 2.24) is 0 Å². The summed E-state index contributed by atoms with van der Waals surface area (Å²) in [5.74, 6) is 1.00. The topological polar surface area (TPSA) is 47.6 Å². The Labute approximate surface area is 144 Å². The second kappa shape index (κ2) is 7.49. The summed E-state index contributed by atoms with van der Waals surface area (Å²) < 4.78 is 11.8. The zero-order valence-electron chi connectivity index (χ0n) is 12.8. The Morgan fingerprint density at radius 3 is 2.59 bits per heavy atom. The minimum atomic E-state index is -0.180. The van der Waals surface area contributed by atoms with Gasteiger partial charge in [0.25, 0.3) is 5.91 Å². The number of aryl methyl sites for hydroxylation is 1. The van der Waals surface area contributed by atoms with E-state index in [1.54, 1.807) is 25.3 Å². The van der Waals surface area contributed by atoms with E-state index < -0.39 is 0 Å². The maximum Gasteiger partial charge on any atom is 0.255 e. The molecular formula is C17H18INO3. The lowest BCUT2D eigenvalue weighted by molar-refractivity contribution is 0.102. The molecule has 0 bridgehead atoms. The summed E-state index contributed by atoms with van der Waals surface area (Å²) >= 11 is 2.25. The average molecular weight is 411 g/mol. The Balaban J connectivity index is 2.20. The monoisotopic (exact) mass is 411 g/mol. The Morgan fingerprint density at radius 1 is 1.18 bits per heavy atom. The largest absolute Gasteiger partial charge is 0.493 e. The first-order valence-electron chi connectivity index (χ1n) is 6.93. The van der Waals surface area contributed by atoms with E-state index in [-0.39, 0.29) is 5.91 Å². The van der Waals surface area contributed by atoms with Crippen LogP contribution in [0.2, 0.25) is 0 Å². The summed E-state index contributed by atoms with van der Waals surface area (Å²) in [7, 11) is 1.56. The van der Waals surface area contributed by atoms with E-state index in [1.807, 2.05) is 32.0 Å². The van der Waals surface area contributed by atoms with Crippen molar-refractivity contribution in [1.29, 1.82) is 0 Å². The third-order valence-corrected chi connectivity index (χ3v) is 4.32. The van der Waals surface area contributed by atoms with Crippen molar-refractivity contribution in [2.75, 3.05) is 19.0 Å². The van der Waals surface area contributed by atoms with Crippen molar-refractivity contribution < 1.29 is 14.3 Å². The van der Waals surface area contributed by atoms with Gasteiger partial charge in [0.05, 0.1) is 13.7 Å². The molecule has 0 unspecified atom stereocenters. The number of carbonyl (C=O) groups excluding carboxylic acids is 1. The van der Waals surface area contributed by atoms with Crippen LogP contribution in [0.3, 0.4) is 0 Å². The van der Waals surface area contributed by atoms with Crippen molar-refractivity contribution in [2.45, 2.75) is 13.8 Å². The minimum absolute atomic E-state index is 0.180. The van der Waals surface area contributed by atoms with Gasteiger partial charge in [-0.2, -0.15) is 0 Å². The molecule has 0 radical (unpaired) electrons. The van der Waals surface area contributed by atoms with Crippen molar-refractivity contribution in [2.24, 2.45) is 0 Å². The first-order chi connectivity index (χ1) is 10.5. The first-order valence-corrected chi connectivity index (χ1v) is 8.01. The van der Waals surface area contributed by atoms with Gasteiger partial charge in [0.2, 0.25) is 0 Å². The molecule has 4 nitrogen and oxygen atoms in total. The summed E-state index contributed by atoms with van der Waals surface area (Å²) in [5.41, 5.74) is 2.48. The predicted molar refractivity (Wildman–Crippen MR) is 96.0 cm³/mol. The Morgan fingerprint density at radius 2 is 1.95 bits per heavy atom. The molecule has 0 spiro atoms. The highest BCUT2D eigenvalue weighted by atomic mass is 127. The number of halogens is 1. The molecule has 2 aromatic rings. The normalized spacial score (nSPS) is 10.2. The fraction of sp³-hybridized carbons (Fsp3) is 0.235. The molecule has 2 aromatic carbocycles. The van der Waals surface area contributed by atoms with Crippen molar-refractivity contribution in [3.63, 3.8) is 0 Å². The summed E-state index contributed by atoms with van der Waals surface area (Å²) in [6.07, 6.45) is 0. The Bertz CT molecular complexity index is 686. The molecule has 0 saturated carbocycles. The van der Waals surface area contributed by atoms with Crippen LogP contribution in [0.5, 0.6) is 11.5 Å². The van der Waals surface area contributed by atoms with E-state index in [2.05, 4.69) is 27.9 Å². The highest BCUT2D eigenvalue weighted by Gasteiger charge is 2.11. The zero-order valence-corrected chi connectivity index (χ0v) is 14.9. The van der Waals surface area contributed by atoms with Gasteiger partial charge in [0, 0.05) is 14.8 Å². The number of ether oxygens (including phenoxy) is 2. The van der Waals surface area contributed by atoms with Gasteiger partial charge in [0.1, 0.15) is 0 Å². The number of nitrogens with one attached hydrogen (secondary N) is 1. The number of methoxy groups -OCH3 is 1. The van der Waals surface area contributed by atoms with Crippen LogP contribution in [0, 0.1) is 10.5 Å². The first kappa shape index (κ1) is 16.6. The molecule has 0 heterocycles. The van der Waals surface area contributed by atoms with E-state index in [0.29, 0.717) is 23.7 Å². The Hall–Kier alpha value is -1.76. The van der Waals surface area contributed by atoms with Crippen LogP contribution in [-0.2, 0) is 0 Å². The fourth-order valence-corrected chi connectivity index (χ4v) is 2.47. The maximum atomic E-state index is 12.3. The predicted octanol–water partition coefficient (Wildman–Crippen LogP) is 4.26. The van der Waals surface area contributed by atoms with Crippen LogP contribution in [0.4, 0.5) is 5.69 Å². The molecule has 0 aliphatic carbocycles. The van der Waals surface area contributed by atoms with Crippen molar-refractivity contribution in [3.05, 3.63) is 51.1 Å². The van der Waals surface area contributed by atoms with Crippen LogP contribution in [0.25, 0.3) is 0 Å². The number of rotatable bonds is 5. The standard InChI is InChI=1S/C17H18INO3/c1-4-22-15-8-6-12(9-16(15)21-3)17(20)19-13-7-5-11(2)14(18)10-13/h5-10H,4H2,1-3H3,(H,19,20). The summed E-state index contributed by atoms with van der Waals surface area (Å²) in [5, 5.41) is 2.89. The van der Waals surface area contributed by atoms with Gasteiger partial charge in [-0.25, -0.2) is 0 Å². The van der Waals surface area contributed by atoms with Gasteiger partial charge in [-0.05, 0) is 72.3 Å². The molecule has 116 valence electrons. The highest BCUT2D eigenvalue weighted by molar-refractivity contribution is 14.1. The molecule has 1 N–H and O–H groups in total. The smallest absolute Gasteiger partial charge is 0.255 e. The average Bonchev–Trinajstić information content (AvgIpc) is 2.51. The van der Waals surface area contributed by atoms with Crippen molar-refractivity contribution in [3.8, 4) is 11.5 Å². The summed E-state index contributed by atoms with van der Waals surface area (Å²) in [6, 6.07) is 11.0. The summed E-state index contributed by atoms with van der Waals surface area (Å²) in [6.45, 7) is 4.48. The number of hydrogen-bond donors (Lipinski definition) is 1. The SMILES string of the molecule is CCOc1ccc(C(=O)Nc2ccc(C)c(I)c2)cc1OC. The van der Waals surface area contributed by atoms with Crippen LogP contribution < -0.4 is 14.8 Å². The number of anilines is 1. The van der Waals surface area contributed by atoms with Gasteiger partial charge in [-0.15, -0.1) is 0 Å². The minimum Gasteiger partial charge on any atom is -0.493 e. The second-order valence-corrected chi connectivity index (χ2v) is 5.88. The van der Waals surface area contributed by atoms with Gasteiger partial charge in [0.15, 0.2) is 11.5 Å². The number of benzene rings is 2. The van der Waals surface area contributed by atoms with E-state index >= 15 is 0 Å². The lowest BCUT2D eigenvalue weighted by Gasteiger charge is -2.11. The quantitative estimate of drug-likeness (QED) is 0.749. The Kier molecular flexibility index (Phi) is 5.65. The molecule has 2 rings (SSSR count). The second-order valence-electron chi connectivity index (χ2n) is 4.72. The van der Waals surface area contributed by atoms with Gasteiger partial charge >= 0.3 is 0 Å². The maximum absolute atomic E-state index is 12.3. The fourth-order valence-electron chi connectivity index (χ4n) is 1.96. The van der Waals surface area contributed by atoms with Gasteiger partial charge in [-0.1, -0.05) is 6.07 Å². The summed E-state index contributed by atoms with van der Waals surface area (Å²) in [4.78, 5) is 12.3. The van der Waals surface area contributed by atoms with E-state index in [0.717, 1.165) is 9.26 Å². The number of carbonyl (C=O) groups is 1. The van der Waals surface area contributed by atoms with Crippen molar-refractivity contribution >= 4 is 34.2 Å². The van der Waals surface area contributed by atoms with E-state index in [9.17, 15) is 4.79 Å². The third kappa shape index (κ3) is 3.91. The van der Waals surface area contributed by atoms with E-state index in [1.165, 1.54) is 5.56 Å². The zero-order chi connectivity index (χ0) is 16.1. The molecule has 0 aliphatic rings. The molecule has 0 aliphatic heterocycles. The molecular weight excluding hydrogens is 393 g/mol. The van der Waals surface area contributed by atoms with Crippen LogP contribution in [-0.4, -0.2) is 19.6 Å².